The average molecular weight is 242 g/mol. The number of rotatable bonds is 5. The van der Waals surface area contributed by atoms with E-state index in [0.29, 0.717) is 0 Å². The summed E-state index contributed by atoms with van der Waals surface area (Å²) in [4.78, 5) is 2.48. The van der Waals surface area contributed by atoms with Gasteiger partial charge in [-0.3, -0.25) is 0 Å². The molecule has 0 aliphatic carbocycles. The van der Waals surface area contributed by atoms with Gasteiger partial charge in [0, 0.05) is 13.2 Å². The van der Waals surface area contributed by atoms with Crippen molar-refractivity contribution in [3.63, 3.8) is 0 Å². The Balaban J connectivity index is 1.53. The van der Waals surface area contributed by atoms with Crippen molar-refractivity contribution in [1.29, 1.82) is 0 Å². The van der Waals surface area contributed by atoms with Gasteiger partial charge in [-0.05, 0) is 57.7 Å². The third-order valence-electron chi connectivity index (χ3n) is 3.89. The molecule has 100 valence electrons. The Morgan fingerprint density at radius 1 is 1.18 bits per heavy atom. The number of nitrogens with two attached hydrogens (primary N) is 1. The van der Waals surface area contributed by atoms with Crippen LogP contribution in [0.2, 0.25) is 0 Å². The Bertz CT molecular complexity index is 200. The van der Waals surface area contributed by atoms with E-state index < -0.39 is 0 Å². The van der Waals surface area contributed by atoms with Gasteiger partial charge < -0.3 is 20.1 Å². The molecular formula is C13H26N2O2. The molecule has 2 heterocycles. The molecule has 0 radical (unpaired) electrons. The third kappa shape index (κ3) is 4.54. The average Bonchev–Trinajstić information content (AvgIpc) is 2.41. The largest absolute Gasteiger partial charge is 0.353 e. The van der Waals surface area contributed by atoms with E-state index in [9.17, 15) is 0 Å². The molecule has 0 aromatic rings. The van der Waals surface area contributed by atoms with E-state index in [2.05, 4.69) is 4.90 Å². The van der Waals surface area contributed by atoms with E-state index in [-0.39, 0.29) is 6.29 Å². The van der Waals surface area contributed by atoms with Crippen molar-refractivity contribution in [2.24, 2.45) is 11.7 Å². The lowest BCUT2D eigenvalue weighted by Gasteiger charge is -2.31. The molecule has 2 saturated heterocycles. The maximum absolute atomic E-state index is 5.75. The van der Waals surface area contributed by atoms with Gasteiger partial charge in [-0.1, -0.05) is 0 Å². The molecule has 0 aromatic carbocycles. The van der Waals surface area contributed by atoms with Gasteiger partial charge in [-0.25, -0.2) is 0 Å². The smallest absolute Gasteiger partial charge is 0.157 e. The van der Waals surface area contributed by atoms with Crippen molar-refractivity contribution in [2.75, 3.05) is 39.4 Å². The minimum Gasteiger partial charge on any atom is -0.353 e. The minimum atomic E-state index is 0.0605. The SMILES string of the molecule is NCC1CCN(CCOC2CCCCO2)CC1. The fourth-order valence-corrected chi connectivity index (χ4v) is 2.60. The second kappa shape index (κ2) is 7.31. The molecule has 0 bridgehead atoms. The normalized spacial score (nSPS) is 28.4. The zero-order chi connectivity index (χ0) is 11.9. The van der Waals surface area contributed by atoms with Crippen LogP contribution in [0.15, 0.2) is 0 Å². The second-order valence-electron chi connectivity index (χ2n) is 5.19. The topological polar surface area (TPSA) is 47.7 Å². The Morgan fingerprint density at radius 2 is 2.00 bits per heavy atom. The van der Waals surface area contributed by atoms with Crippen LogP contribution in [0.1, 0.15) is 32.1 Å². The van der Waals surface area contributed by atoms with Gasteiger partial charge in [0.2, 0.25) is 0 Å². The molecule has 0 saturated carbocycles. The highest BCUT2D eigenvalue weighted by atomic mass is 16.7. The molecule has 0 aromatic heterocycles. The number of hydrogen-bond acceptors (Lipinski definition) is 4. The van der Waals surface area contributed by atoms with Gasteiger partial charge >= 0.3 is 0 Å². The first kappa shape index (κ1) is 13.3. The minimum absolute atomic E-state index is 0.0605. The zero-order valence-corrected chi connectivity index (χ0v) is 10.8. The van der Waals surface area contributed by atoms with Crippen molar-refractivity contribution < 1.29 is 9.47 Å². The molecule has 4 heteroatoms. The molecule has 2 aliphatic heterocycles. The Kier molecular flexibility index (Phi) is 5.71. The predicted molar refractivity (Wildman–Crippen MR) is 67.8 cm³/mol. The molecule has 2 aliphatic rings. The molecule has 17 heavy (non-hydrogen) atoms. The van der Waals surface area contributed by atoms with Crippen LogP contribution in [0.5, 0.6) is 0 Å². The lowest BCUT2D eigenvalue weighted by atomic mass is 9.97. The van der Waals surface area contributed by atoms with Crippen LogP contribution in [0.3, 0.4) is 0 Å². The number of nitrogens with zero attached hydrogens (tertiary/aromatic N) is 1. The summed E-state index contributed by atoms with van der Waals surface area (Å²) in [6.07, 6.45) is 6.05. The lowest BCUT2D eigenvalue weighted by Crippen LogP contribution is -2.38. The number of hydrogen-bond donors (Lipinski definition) is 1. The molecule has 4 nitrogen and oxygen atoms in total. The Labute approximate surface area is 104 Å². The molecule has 2 rings (SSSR count). The van der Waals surface area contributed by atoms with E-state index in [1.54, 1.807) is 0 Å². The van der Waals surface area contributed by atoms with Crippen LogP contribution < -0.4 is 5.73 Å². The van der Waals surface area contributed by atoms with Crippen molar-refractivity contribution >= 4 is 0 Å². The Morgan fingerprint density at radius 3 is 2.65 bits per heavy atom. The molecule has 0 amide bonds. The maximum atomic E-state index is 5.75. The van der Waals surface area contributed by atoms with Crippen LogP contribution in [0, 0.1) is 5.92 Å². The van der Waals surface area contributed by atoms with Crippen LogP contribution in [-0.2, 0) is 9.47 Å². The van der Waals surface area contributed by atoms with Gasteiger partial charge in [0.1, 0.15) is 0 Å². The van der Waals surface area contributed by atoms with Gasteiger partial charge in [0.05, 0.1) is 6.61 Å². The fraction of sp³-hybridized carbons (Fsp3) is 1.00. The van der Waals surface area contributed by atoms with Crippen molar-refractivity contribution in [3.8, 4) is 0 Å². The van der Waals surface area contributed by atoms with Crippen LogP contribution in [0.25, 0.3) is 0 Å². The van der Waals surface area contributed by atoms with Gasteiger partial charge in [-0.15, -0.1) is 0 Å². The zero-order valence-electron chi connectivity index (χ0n) is 10.8. The quantitative estimate of drug-likeness (QED) is 0.787. The van der Waals surface area contributed by atoms with Crippen LogP contribution >= 0.6 is 0 Å². The molecule has 2 fully saturated rings. The van der Waals surface area contributed by atoms with Crippen molar-refractivity contribution in [2.45, 2.75) is 38.4 Å². The maximum Gasteiger partial charge on any atom is 0.157 e. The molecule has 2 N–H and O–H groups in total. The number of ether oxygens (including phenoxy) is 2. The Hall–Kier alpha value is -0.160. The first-order valence-electron chi connectivity index (χ1n) is 7.04. The molecule has 0 spiro atoms. The first-order chi connectivity index (χ1) is 8.38. The summed E-state index contributed by atoms with van der Waals surface area (Å²) in [7, 11) is 0. The highest BCUT2D eigenvalue weighted by Crippen LogP contribution is 2.16. The summed E-state index contributed by atoms with van der Waals surface area (Å²) in [6, 6.07) is 0. The van der Waals surface area contributed by atoms with Crippen molar-refractivity contribution in [1.82, 2.24) is 4.90 Å². The van der Waals surface area contributed by atoms with Gasteiger partial charge in [-0.2, -0.15) is 0 Å². The third-order valence-corrected chi connectivity index (χ3v) is 3.89. The molecular weight excluding hydrogens is 216 g/mol. The van der Waals surface area contributed by atoms with Crippen LogP contribution in [0.4, 0.5) is 0 Å². The number of piperidine rings is 1. The standard InChI is InChI=1S/C13H26N2O2/c14-11-12-4-6-15(7-5-12)8-10-17-13-3-1-2-9-16-13/h12-13H,1-11,14H2. The summed E-state index contributed by atoms with van der Waals surface area (Å²) in [5.41, 5.74) is 5.69. The highest BCUT2D eigenvalue weighted by molar-refractivity contribution is 4.72. The van der Waals surface area contributed by atoms with E-state index in [1.165, 1.54) is 38.8 Å². The number of likely N-dealkylation sites (tertiary alicyclic amines) is 1. The van der Waals surface area contributed by atoms with E-state index in [0.717, 1.165) is 38.6 Å². The summed E-state index contributed by atoms with van der Waals surface area (Å²) in [5.74, 6) is 0.744. The van der Waals surface area contributed by atoms with E-state index in [1.807, 2.05) is 0 Å². The molecule has 1 unspecified atom stereocenters. The van der Waals surface area contributed by atoms with E-state index in [4.69, 9.17) is 15.2 Å². The first-order valence-corrected chi connectivity index (χ1v) is 7.04. The van der Waals surface area contributed by atoms with Gasteiger partial charge in [0.15, 0.2) is 6.29 Å². The van der Waals surface area contributed by atoms with Crippen molar-refractivity contribution in [3.05, 3.63) is 0 Å². The molecule has 1 atom stereocenters. The van der Waals surface area contributed by atoms with Crippen LogP contribution in [-0.4, -0.2) is 50.6 Å². The summed E-state index contributed by atoms with van der Waals surface area (Å²) in [5, 5.41) is 0. The monoisotopic (exact) mass is 242 g/mol. The second-order valence-corrected chi connectivity index (χ2v) is 5.19. The fourth-order valence-electron chi connectivity index (χ4n) is 2.60. The summed E-state index contributed by atoms with van der Waals surface area (Å²) < 4.78 is 11.3. The summed E-state index contributed by atoms with van der Waals surface area (Å²) in [6.45, 7) is 5.91. The highest BCUT2D eigenvalue weighted by Gasteiger charge is 2.18. The lowest BCUT2D eigenvalue weighted by molar-refractivity contribution is -0.164. The summed E-state index contributed by atoms with van der Waals surface area (Å²) >= 11 is 0. The van der Waals surface area contributed by atoms with Gasteiger partial charge in [0.25, 0.3) is 0 Å². The predicted octanol–water partition coefficient (Wildman–Crippen LogP) is 1.20. The van der Waals surface area contributed by atoms with E-state index >= 15 is 0 Å².